The van der Waals surface area contributed by atoms with Gasteiger partial charge in [-0.1, -0.05) is 24.3 Å². The molecule has 2 aromatic rings. The van der Waals surface area contributed by atoms with Crippen molar-refractivity contribution in [3.63, 3.8) is 0 Å². The summed E-state index contributed by atoms with van der Waals surface area (Å²) >= 11 is 0. The van der Waals surface area contributed by atoms with Crippen molar-refractivity contribution < 1.29 is 22.9 Å². The SMILES string of the molecule is N#C/C(=C/C=C/c1ccccc1[N+](=O)[O-])C(=O)Nc1cccc(C(F)(F)F)c1. The number of anilines is 1. The second kappa shape index (κ2) is 8.64. The molecule has 2 aromatic carbocycles. The third kappa shape index (κ3) is 5.28. The van der Waals surface area contributed by atoms with Gasteiger partial charge in [-0.15, -0.1) is 0 Å². The number of alkyl halides is 3. The van der Waals surface area contributed by atoms with Gasteiger partial charge in [-0.25, -0.2) is 0 Å². The Kier molecular flexibility index (Phi) is 6.29. The van der Waals surface area contributed by atoms with E-state index in [2.05, 4.69) is 5.32 Å². The molecule has 9 heteroatoms. The van der Waals surface area contributed by atoms with Crippen LogP contribution < -0.4 is 5.32 Å². The van der Waals surface area contributed by atoms with E-state index in [1.165, 1.54) is 36.4 Å². The highest BCUT2D eigenvalue weighted by Gasteiger charge is 2.30. The zero-order chi connectivity index (χ0) is 20.7. The first-order valence-corrected chi connectivity index (χ1v) is 7.73. The summed E-state index contributed by atoms with van der Waals surface area (Å²) in [6.45, 7) is 0. The Hall–Kier alpha value is -3.93. The van der Waals surface area contributed by atoms with E-state index >= 15 is 0 Å². The zero-order valence-corrected chi connectivity index (χ0v) is 14.1. The lowest BCUT2D eigenvalue weighted by molar-refractivity contribution is -0.385. The summed E-state index contributed by atoms with van der Waals surface area (Å²) in [6, 6.07) is 11.5. The number of nitrogens with one attached hydrogen (secondary N) is 1. The molecule has 1 N–H and O–H groups in total. The number of nitro groups is 1. The lowest BCUT2D eigenvalue weighted by atomic mass is 10.1. The maximum absolute atomic E-state index is 12.7. The van der Waals surface area contributed by atoms with E-state index in [-0.39, 0.29) is 22.5 Å². The van der Waals surface area contributed by atoms with Crippen LogP contribution in [0.1, 0.15) is 11.1 Å². The molecule has 6 nitrogen and oxygen atoms in total. The van der Waals surface area contributed by atoms with Gasteiger partial charge in [-0.2, -0.15) is 18.4 Å². The Balaban J connectivity index is 2.18. The number of carbonyl (C=O) groups excluding carboxylic acids is 1. The molecule has 0 atom stereocenters. The summed E-state index contributed by atoms with van der Waals surface area (Å²) in [5.74, 6) is -0.908. The highest BCUT2D eigenvalue weighted by molar-refractivity contribution is 6.06. The number of benzene rings is 2. The van der Waals surface area contributed by atoms with E-state index in [0.717, 1.165) is 24.3 Å². The molecule has 0 aliphatic heterocycles. The van der Waals surface area contributed by atoms with Gasteiger partial charge in [-0.05, 0) is 36.4 Å². The monoisotopic (exact) mass is 387 g/mol. The van der Waals surface area contributed by atoms with Crippen molar-refractivity contribution >= 4 is 23.4 Å². The minimum atomic E-state index is -4.57. The van der Waals surface area contributed by atoms with Crippen LogP contribution in [0.4, 0.5) is 24.5 Å². The second-order valence-electron chi connectivity index (χ2n) is 5.40. The van der Waals surface area contributed by atoms with E-state index < -0.39 is 22.6 Å². The molecule has 2 rings (SSSR count). The first kappa shape index (κ1) is 20.4. The van der Waals surface area contributed by atoms with Gasteiger partial charge in [0.25, 0.3) is 11.6 Å². The number of para-hydroxylation sites is 1. The summed E-state index contributed by atoms with van der Waals surface area (Å²) in [7, 11) is 0. The number of allylic oxidation sites excluding steroid dienone is 2. The van der Waals surface area contributed by atoms with Crippen molar-refractivity contribution in [2.75, 3.05) is 5.32 Å². The summed E-state index contributed by atoms with van der Waals surface area (Å²) in [5.41, 5.74) is -1.33. The maximum Gasteiger partial charge on any atom is 0.416 e. The predicted molar refractivity (Wildman–Crippen MR) is 95.9 cm³/mol. The average molecular weight is 387 g/mol. The Bertz CT molecular complexity index is 1010. The standard InChI is InChI=1S/C19H12F3N3O3/c20-19(21,22)15-8-4-9-16(11-15)24-18(26)14(12-23)7-3-6-13-5-1-2-10-17(13)25(27)28/h1-11H,(H,24,26)/b6-3+,14-7-. The van der Waals surface area contributed by atoms with Crippen LogP contribution in [0.25, 0.3) is 6.08 Å². The van der Waals surface area contributed by atoms with E-state index in [1.54, 1.807) is 12.1 Å². The van der Waals surface area contributed by atoms with Crippen LogP contribution in [-0.2, 0) is 11.0 Å². The van der Waals surface area contributed by atoms with E-state index in [9.17, 15) is 28.1 Å². The van der Waals surface area contributed by atoms with E-state index in [1.807, 2.05) is 0 Å². The molecule has 0 aliphatic carbocycles. The first-order valence-electron chi connectivity index (χ1n) is 7.73. The molecule has 28 heavy (non-hydrogen) atoms. The van der Waals surface area contributed by atoms with Gasteiger partial charge >= 0.3 is 6.18 Å². The minimum Gasteiger partial charge on any atom is -0.321 e. The molecule has 0 saturated carbocycles. The summed E-state index contributed by atoms with van der Waals surface area (Å²) < 4.78 is 38.1. The fourth-order valence-electron chi connectivity index (χ4n) is 2.18. The van der Waals surface area contributed by atoms with Gasteiger partial charge in [-0.3, -0.25) is 14.9 Å². The first-order chi connectivity index (χ1) is 13.2. The zero-order valence-electron chi connectivity index (χ0n) is 14.1. The van der Waals surface area contributed by atoms with Crippen molar-refractivity contribution in [2.24, 2.45) is 0 Å². The van der Waals surface area contributed by atoms with Gasteiger partial charge in [0.1, 0.15) is 11.6 Å². The molecular weight excluding hydrogens is 375 g/mol. The normalized spacial score (nSPS) is 11.9. The molecule has 0 unspecified atom stereocenters. The number of halogens is 3. The van der Waals surface area contributed by atoms with Crippen LogP contribution >= 0.6 is 0 Å². The van der Waals surface area contributed by atoms with E-state index in [0.29, 0.717) is 0 Å². The van der Waals surface area contributed by atoms with E-state index in [4.69, 9.17) is 5.26 Å². The molecule has 0 fully saturated rings. The molecule has 142 valence electrons. The highest BCUT2D eigenvalue weighted by Crippen LogP contribution is 2.30. The average Bonchev–Trinajstić information content (AvgIpc) is 2.65. The largest absolute Gasteiger partial charge is 0.416 e. The van der Waals surface area contributed by atoms with Gasteiger partial charge in [0.15, 0.2) is 0 Å². The smallest absolute Gasteiger partial charge is 0.321 e. The molecule has 0 heterocycles. The number of nitrogens with zero attached hydrogens (tertiary/aromatic N) is 2. The van der Waals surface area contributed by atoms with Gasteiger partial charge in [0.05, 0.1) is 16.1 Å². The van der Waals surface area contributed by atoms with Gasteiger partial charge in [0, 0.05) is 11.8 Å². The fraction of sp³-hybridized carbons (Fsp3) is 0.0526. The van der Waals surface area contributed by atoms with Gasteiger partial charge in [0.2, 0.25) is 0 Å². The van der Waals surface area contributed by atoms with Crippen molar-refractivity contribution in [1.82, 2.24) is 0 Å². The number of carbonyl (C=O) groups is 1. The van der Waals surface area contributed by atoms with Crippen LogP contribution in [0, 0.1) is 21.4 Å². The fourth-order valence-corrected chi connectivity index (χ4v) is 2.18. The summed E-state index contributed by atoms with van der Waals surface area (Å²) in [6.07, 6.45) is -0.846. The molecule has 0 aromatic heterocycles. The molecule has 0 saturated heterocycles. The lowest BCUT2D eigenvalue weighted by Crippen LogP contribution is -2.14. The Morgan fingerprint density at radius 3 is 2.54 bits per heavy atom. The van der Waals surface area contributed by atoms with Crippen molar-refractivity contribution in [1.29, 1.82) is 5.26 Å². The molecule has 0 aliphatic rings. The molecule has 1 amide bonds. The van der Waals surface area contributed by atoms with Gasteiger partial charge < -0.3 is 5.32 Å². The topological polar surface area (TPSA) is 96.0 Å². The van der Waals surface area contributed by atoms with Crippen molar-refractivity contribution in [3.8, 4) is 6.07 Å². The number of amides is 1. The number of rotatable bonds is 5. The molecular formula is C19H12F3N3O3. The number of hydrogen-bond donors (Lipinski definition) is 1. The quantitative estimate of drug-likeness (QED) is 0.264. The number of nitro benzene ring substituents is 1. The Morgan fingerprint density at radius 1 is 1.18 bits per heavy atom. The third-order valence-corrected chi connectivity index (χ3v) is 3.48. The Labute approximate surface area is 157 Å². The Morgan fingerprint density at radius 2 is 1.89 bits per heavy atom. The minimum absolute atomic E-state index is 0.122. The molecule has 0 spiro atoms. The van der Waals surface area contributed by atoms with Crippen LogP contribution in [-0.4, -0.2) is 10.8 Å². The summed E-state index contributed by atoms with van der Waals surface area (Å²) in [4.78, 5) is 22.5. The summed E-state index contributed by atoms with van der Waals surface area (Å²) in [5, 5.41) is 22.3. The maximum atomic E-state index is 12.7. The van der Waals surface area contributed by atoms with Crippen LogP contribution in [0.5, 0.6) is 0 Å². The lowest BCUT2D eigenvalue weighted by Gasteiger charge is -2.09. The van der Waals surface area contributed by atoms with Crippen molar-refractivity contribution in [3.05, 3.63) is 87.5 Å². The third-order valence-electron chi connectivity index (χ3n) is 3.48. The number of hydrogen-bond acceptors (Lipinski definition) is 4. The van der Waals surface area contributed by atoms with Crippen LogP contribution in [0.2, 0.25) is 0 Å². The van der Waals surface area contributed by atoms with Crippen LogP contribution in [0.15, 0.2) is 66.3 Å². The molecule has 0 bridgehead atoms. The highest BCUT2D eigenvalue weighted by atomic mass is 19.4. The number of nitriles is 1. The molecule has 0 radical (unpaired) electrons. The van der Waals surface area contributed by atoms with Crippen molar-refractivity contribution in [2.45, 2.75) is 6.18 Å². The second-order valence-corrected chi connectivity index (χ2v) is 5.40. The van der Waals surface area contributed by atoms with Crippen LogP contribution in [0.3, 0.4) is 0 Å². The predicted octanol–water partition coefficient (Wildman–Crippen LogP) is 4.72.